The fraction of sp³-hybridized carbons (Fsp3) is 0.364. The quantitative estimate of drug-likeness (QED) is 0.723. The number of nitrogen functional groups attached to an aromatic ring is 1. The first-order valence-corrected chi connectivity index (χ1v) is 4.90. The molecule has 0 aliphatic carbocycles. The number of para-hydroxylation sites is 1. The van der Waals surface area contributed by atoms with Crippen LogP contribution in [0.2, 0.25) is 0 Å². The van der Waals surface area contributed by atoms with Crippen molar-refractivity contribution < 1.29 is 14.6 Å². The van der Waals surface area contributed by atoms with Crippen molar-refractivity contribution in [3.8, 4) is 5.75 Å². The van der Waals surface area contributed by atoms with Crippen LogP contribution < -0.4 is 10.5 Å². The molecule has 5 heteroatoms. The van der Waals surface area contributed by atoms with Crippen molar-refractivity contribution in [2.24, 2.45) is 0 Å². The zero-order valence-electron chi connectivity index (χ0n) is 9.43. The smallest absolute Gasteiger partial charge is 0.255 e. The topological polar surface area (TPSA) is 75.8 Å². The van der Waals surface area contributed by atoms with E-state index in [9.17, 15) is 4.79 Å². The van der Waals surface area contributed by atoms with Crippen LogP contribution in [0.1, 0.15) is 10.4 Å². The molecule has 1 aromatic carbocycles. The highest BCUT2D eigenvalue weighted by molar-refractivity contribution is 6.00. The Labute approximate surface area is 94.4 Å². The second kappa shape index (κ2) is 5.37. The van der Waals surface area contributed by atoms with E-state index in [4.69, 9.17) is 15.6 Å². The summed E-state index contributed by atoms with van der Waals surface area (Å²) in [5.74, 6) is 0.244. The predicted octanol–water partition coefficient (Wildman–Crippen LogP) is 0.342. The summed E-state index contributed by atoms with van der Waals surface area (Å²) < 4.78 is 5.03. The molecule has 0 unspecified atom stereocenters. The van der Waals surface area contributed by atoms with E-state index in [-0.39, 0.29) is 19.1 Å². The van der Waals surface area contributed by atoms with E-state index in [0.717, 1.165) is 0 Å². The van der Waals surface area contributed by atoms with Gasteiger partial charge in [0.15, 0.2) is 0 Å². The number of amides is 1. The molecule has 1 aromatic rings. The Hall–Kier alpha value is -1.75. The second-order valence-corrected chi connectivity index (χ2v) is 3.37. The summed E-state index contributed by atoms with van der Waals surface area (Å²) in [5, 5.41) is 8.75. The molecule has 0 radical (unpaired) electrons. The van der Waals surface area contributed by atoms with Crippen LogP contribution in [0.15, 0.2) is 18.2 Å². The van der Waals surface area contributed by atoms with Gasteiger partial charge in [-0.15, -0.1) is 0 Å². The van der Waals surface area contributed by atoms with Gasteiger partial charge in [0.05, 0.1) is 25.0 Å². The van der Waals surface area contributed by atoms with Gasteiger partial charge in [-0.3, -0.25) is 4.79 Å². The van der Waals surface area contributed by atoms with Crippen molar-refractivity contribution in [1.82, 2.24) is 4.90 Å². The number of nitrogens with two attached hydrogens (primary N) is 1. The molecular formula is C11H16N2O3. The van der Waals surface area contributed by atoms with Crippen molar-refractivity contribution in [2.45, 2.75) is 0 Å². The average Bonchev–Trinajstić information content (AvgIpc) is 2.29. The number of nitrogens with zero attached hydrogens (tertiary/aromatic N) is 1. The lowest BCUT2D eigenvalue weighted by atomic mass is 10.1. The molecule has 0 aromatic heterocycles. The number of ether oxygens (including phenoxy) is 1. The Bertz CT molecular complexity index is 379. The number of methoxy groups -OCH3 is 1. The molecule has 0 saturated carbocycles. The van der Waals surface area contributed by atoms with Crippen LogP contribution in [0.4, 0.5) is 5.69 Å². The maximum Gasteiger partial charge on any atom is 0.255 e. The lowest BCUT2D eigenvalue weighted by Gasteiger charge is -2.17. The molecule has 88 valence electrons. The van der Waals surface area contributed by atoms with E-state index in [1.54, 1.807) is 25.2 Å². The van der Waals surface area contributed by atoms with Crippen LogP contribution in [0.5, 0.6) is 5.75 Å². The molecule has 1 rings (SSSR count). The summed E-state index contributed by atoms with van der Waals surface area (Å²) in [5.41, 5.74) is 6.50. The van der Waals surface area contributed by atoms with Gasteiger partial charge >= 0.3 is 0 Å². The first-order valence-electron chi connectivity index (χ1n) is 4.90. The second-order valence-electron chi connectivity index (χ2n) is 3.37. The number of aliphatic hydroxyl groups excluding tert-OH is 1. The van der Waals surface area contributed by atoms with Gasteiger partial charge < -0.3 is 20.5 Å². The summed E-state index contributed by atoms with van der Waals surface area (Å²) in [7, 11) is 3.11. The van der Waals surface area contributed by atoms with Gasteiger partial charge in [-0.1, -0.05) is 6.07 Å². The number of rotatable bonds is 4. The van der Waals surface area contributed by atoms with E-state index in [1.165, 1.54) is 12.0 Å². The molecule has 0 aliphatic heterocycles. The van der Waals surface area contributed by atoms with Crippen molar-refractivity contribution >= 4 is 11.6 Å². The first kappa shape index (κ1) is 12.3. The molecule has 0 atom stereocenters. The van der Waals surface area contributed by atoms with Crippen LogP contribution in [0.25, 0.3) is 0 Å². The summed E-state index contributed by atoms with van der Waals surface area (Å²) in [4.78, 5) is 13.3. The minimum atomic E-state index is -0.231. The van der Waals surface area contributed by atoms with Gasteiger partial charge in [0.25, 0.3) is 5.91 Å². The number of anilines is 1. The zero-order chi connectivity index (χ0) is 12.1. The van der Waals surface area contributed by atoms with Crippen molar-refractivity contribution in [1.29, 1.82) is 0 Å². The number of carbonyl (C=O) groups is 1. The van der Waals surface area contributed by atoms with E-state index >= 15 is 0 Å². The summed E-state index contributed by atoms with van der Waals surface area (Å²) in [6, 6.07) is 5.03. The zero-order valence-corrected chi connectivity index (χ0v) is 9.43. The fourth-order valence-electron chi connectivity index (χ4n) is 1.37. The summed E-state index contributed by atoms with van der Waals surface area (Å²) >= 11 is 0. The van der Waals surface area contributed by atoms with Gasteiger partial charge in [-0.25, -0.2) is 0 Å². The van der Waals surface area contributed by atoms with E-state index in [1.807, 2.05) is 0 Å². The van der Waals surface area contributed by atoms with E-state index in [0.29, 0.717) is 17.0 Å². The molecule has 0 saturated heterocycles. The molecule has 5 nitrogen and oxygen atoms in total. The van der Waals surface area contributed by atoms with Gasteiger partial charge in [0.1, 0.15) is 5.75 Å². The van der Waals surface area contributed by atoms with Gasteiger partial charge in [0.2, 0.25) is 0 Å². The molecule has 0 heterocycles. The van der Waals surface area contributed by atoms with E-state index < -0.39 is 0 Å². The highest BCUT2D eigenvalue weighted by Crippen LogP contribution is 2.25. The Morgan fingerprint density at radius 2 is 2.25 bits per heavy atom. The molecule has 0 aliphatic rings. The molecule has 3 N–H and O–H groups in total. The van der Waals surface area contributed by atoms with Gasteiger partial charge in [-0.2, -0.15) is 0 Å². The SMILES string of the molecule is COc1cccc(C(=O)N(C)CCO)c1N. The molecule has 1 amide bonds. The minimum Gasteiger partial charge on any atom is -0.495 e. The number of hydrogen-bond acceptors (Lipinski definition) is 4. The lowest BCUT2D eigenvalue weighted by molar-refractivity contribution is 0.0767. The van der Waals surface area contributed by atoms with Crippen LogP contribution in [0.3, 0.4) is 0 Å². The van der Waals surface area contributed by atoms with E-state index in [2.05, 4.69) is 0 Å². The van der Waals surface area contributed by atoms with Crippen LogP contribution >= 0.6 is 0 Å². The molecule has 0 fully saturated rings. The number of likely N-dealkylation sites (N-methyl/N-ethyl adjacent to an activating group) is 1. The minimum absolute atomic E-state index is 0.0773. The van der Waals surface area contributed by atoms with Crippen LogP contribution in [0, 0.1) is 0 Å². The largest absolute Gasteiger partial charge is 0.495 e. The standard InChI is InChI=1S/C11H16N2O3/c1-13(6-7-14)11(15)8-4-3-5-9(16-2)10(8)12/h3-5,14H,6-7,12H2,1-2H3. The normalized spacial score (nSPS) is 9.94. The summed E-state index contributed by atoms with van der Waals surface area (Å²) in [6.07, 6.45) is 0. The lowest BCUT2D eigenvalue weighted by Crippen LogP contribution is -2.30. The highest BCUT2D eigenvalue weighted by Gasteiger charge is 2.16. The molecule has 0 spiro atoms. The Kier molecular flexibility index (Phi) is 4.13. The maximum atomic E-state index is 11.9. The highest BCUT2D eigenvalue weighted by atomic mass is 16.5. The predicted molar refractivity (Wildman–Crippen MR) is 61.5 cm³/mol. The molecular weight excluding hydrogens is 208 g/mol. The number of hydrogen-bond donors (Lipinski definition) is 2. The Morgan fingerprint density at radius 1 is 1.56 bits per heavy atom. The number of benzene rings is 1. The van der Waals surface area contributed by atoms with Gasteiger partial charge in [-0.05, 0) is 12.1 Å². The number of carbonyl (C=O) groups excluding carboxylic acids is 1. The number of aliphatic hydroxyl groups is 1. The Balaban J connectivity index is 2.99. The third-order valence-electron chi connectivity index (χ3n) is 2.30. The monoisotopic (exact) mass is 224 g/mol. The van der Waals surface area contributed by atoms with Crippen LogP contribution in [-0.4, -0.2) is 43.2 Å². The van der Waals surface area contributed by atoms with Crippen molar-refractivity contribution in [3.63, 3.8) is 0 Å². The average molecular weight is 224 g/mol. The maximum absolute atomic E-state index is 11.9. The molecule has 16 heavy (non-hydrogen) atoms. The molecule has 0 bridgehead atoms. The van der Waals surface area contributed by atoms with Crippen molar-refractivity contribution in [3.05, 3.63) is 23.8 Å². The first-order chi connectivity index (χ1) is 7.61. The third kappa shape index (κ3) is 2.43. The Morgan fingerprint density at radius 3 is 2.81 bits per heavy atom. The van der Waals surface area contributed by atoms with Crippen molar-refractivity contribution in [2.75, 3.05) is 33.0 Å². The summed E-state index contributed by atoms with van der Waals surface area (Å²) in [6.45, 7) is 0.196. The third-order valence-corrected chi connectivity index (χ3v) is 2.30. The van der Waals surface area contributed by atoms with Crippen LogP contribution in [-0.2, 0) is 0 Å². The van der Waals surface area contributed by atoms with Gasteiger partial charge in [0, 0.05) is 13.6 Å². The fourth-order valence-corrected chi connectivity index (χ4v) is 1.37.